The number of carbonyl (C=O) groups excluding carboxylic acids is 1. The normalized spacial score (nSPS) is 24.6. The van der Waals surface area contributed by atoms with Crippen LogP contribution in [0.15, 0.2) is 12.4 Å². The average molecular weight is 336 g/mol. The number of rotatable bonds is 3. The number of halogens is 1. The Balaban J connectivity index is 1.87. The highest BCUT2D eigenvalue weighted by Gasteiger charge is 2.30. The van der Waals surface area contributed by atoms with Crippen molar-refractivity contribution < 1.29 is 9.53 Å². The van der Waals surface area contributed by atoms with Gasteiger partial charge in [-0.15, -0.1) is 0 Å². The summed E-state index contributed by atoms with van der Waals surface area (Å²) in [6.07, 6.45) is 4.93. The summed E-state index contributed by atoms with van der Waals surface area (Å²) in [6, 6.07) is 0. The maximum absolute atomic E-state index is 11.2. The van der Waals surface area contributed by atoms with Gasteiger partial charge in [-0.05, 0) is 35.4 Å². The van der Waals surface area contributed by atoms with Gasteiger partial charge >= 0.3 is 0 Å². The second-order valence-corrected chi connectivity index (χ2v) is 4.96. The number of carbonyl (C=O) groups is 1. The van der Waals surface area contributed by atoms with Gasteiger partial charge in [-0.1, -0.05) is 0 Å². The summed E-state index contributed by atoms with van der Waals surface area (Å²) in [6.45, 7) is 0.678. The smallest absolute Gasteiger partial charge is 0.263 e. The second kappa shape index (κ2) is 5.11. The van der Waals surface area contributed by atoms with Gasteiger partial charge in [0.05, 0.1) is 22.4 Å². The van der Waals surface area contributed by atoms with E-state index >= 15 is 0 Å². The van der Waals surface area contributed by atoms with Crippen molar-refractivity contribution in [3.05, 3.63) is 16.0 Å². The van der Waals surface area contributed by atoms with Gasteiger partial charge < -0.3 is 4.74 Å². The molecule has 0 saturated carbocycles. The summed E-state index contributed by atoms with van der Waals surface area (Å²) >= 11 is 2.20. The molecule has 1 aromatic rings. The van der Waals surface area contributed by atoms with Crippen molar-refractivity contribution in [3.8, 4) is 0 Å². The van der Waals surface area contributed by atoms with Crippen LogP contribution in [0.25, 0.3) is 0 Å². The number of aromatic nitrogens is 2. The van der Waals surface area contributed by atoms with E-state index in [1.165, 1.54) is 0 Å². The lowest BCUT2D eigenvalue weighted by atomic mass is 10.2. The van der Waals surface area contributed by atoms with Gasteiger partial charge in [0.15, 0.2) is 0 Å². The van der Waals surface area contributed by atoms with Crippen LogP contribution in [0.2, 0.25) is 0 Å². The summed E-state index contributed by atoms with van der Waals surface area (Å²) in [5, 5.41) is 4.17. The molecule has 6 nitrogen and oxygen atoms in total. The predicted octanol–water partition coefficient (Wildman–Crippen LogP) is 0.0252. The van der Waals surface area contributed by atoms with Crippen molar-refractivity contribution in [2.24, 2.45) is 5.84 Å². The maximum atomic E-state index is 11.2. The third-order valence-electron chi connectivity index (χ3n) is 2.53. The lowest BCUT2D eigenvalue weighted by molar-refractivity contribution is -0.132. The highest BCUT2D eigenvalue weighted by Crippen LogP contribution is 2.21. The van der Waals surface area contributed by atoms with Gasteiger partial charge in [0, 0.05) is 6.20 Å². The van der Waals surface area contributed by atoms with Gasteiger partial charge in [-0.25, -0.2) is 5.84 Å². The minimum absolute atomic E-state index is 0.0398. The molecule has 88 valence electrons. The molecule has 2 unspecified atom stereocenters. The van der Waals surface area contributed by atoms with Crippen LogP contribution in [0.1, 0.15) is 12.8 Å². The molecule has 1 amide bonds. The fourth-order valence-electron chi connectivity index (χ4n) is 1.77. The van der Waals surface area contributed by atoms with Crippen LogP contribution >= 0.6 is 22.6 Å². The second-order valence-electron chi connectivity index (χ2n) is 3.71. The standard InChI is InChI=1S/C9H13IN4O2/c10-6-3-12-14(4-6)5-7-1-2-8(16-7)9(15)13-11/h3-4,7-8H,1-2,5,11H2,(H,13,15). The molecular weight excluding hydrogens is 323 g/mol. The Morgan fingerprint density at radius 3 is 3.19 bits per heavy atom. The molecular formula is C9H13IN4O2. The molecule has 16 heavy (non-hydrogen) atoms. The third-order valence-corrected chi connectivity index (χ3v) is 3.09. The molecule has 2 atom stereocenters. The molecule has 0 spiro atoms. The molecule has 1 aliphatic heterocycles. The van der Waals surface area contributed by atoms with Crippen LogP contribution in [0, 0.1) is 3.57 Å². The number of hydrogen-bond donors (Lipinski definition) is 2. The van der Waals surface area contributed by atoms with Gasteiger partial charge in [0.1, 0.15) is 6.10 Å². The Hall–Kier alpha value is -0.670. The first-order valence-electron chi connectivity index (χ1n) is 5.03. The SMILES string of the molecule is NNC(=O)C1CCC(Cn2cc(I)cn2)O1. The van der Waals surface area contributed by atoms with E-state index in [1.54, 1.807) is 6.20 Å². The van der Waals surface area contributed by atoms with E-state index in [0.717, 1.165) is 9.99 Å². The van der Waals surface area contributed by atoms with Crippen molar-refractivity contribution in [2.45, 2.75) is 31.6 Å². The van der Waals surface area contributed by atoms with Crippen molar-refractivity contribution in [1.29, 1.82) is 0 Å². The van der Waals surface area contributed by atoms with E-state index in [0.29, 0.717) is 13.0 Å². The molecule has 1 aliphatic rings. The van der Waals surface area contributed by atoms with Crippen molar-refractivity contribution in [2.75, 3.05) is 0 Å². The van der Waals surface area contributed by atoms with E-state index < -0.39 is 6.10 Å². The minimum atomic E-state index is -0.412. The molecule has 2 heterocycles. The summed E-state index contributed by atoms with van der Waals surface area (Å²) < 4.78 is 8.49. The van der Waals surface area contributed by atoms with E-state index in [1.807, 2.05) is 10.9 Å². The monoisotopic (exact) mass is 336 g/mol. The molecule has 0 bridgehead atoms. The first-order valence-corrected chi connectivity index (χ1v) is 6.11. The lowest BCUT2D eigenvalue weighted by Crippen LogP contribution is -2.39. The first kappa shape index (κ1) is 11.8. The number of nitrogens with one attached hydrogen (secondary N) is 1. The van der Waals surface area contributed by atoms with E-state index in [4.69, 9.17) is 10.6 Å². The number of nitrogens with zero attached hydrogens (tertiary/aromatic N) is 2. The Kier molecular flexibility index (Phi) is 3.77. The Morgan fingerprint density at radius 2 is 2.56 bits per heavy atom. The van der Waals surface area contributed by atoms with Crippen LogP contribution in [0.4, 0.5) is 0 Å². The van der Waals surface area contributed by atoms with E-state index in [-0.39, 0.29) is 12.0 Å². The quantitative estimate of drug-likeness (QED) is 0.353. The van der Waals surface area contributed by atoms with Crippen LogP contribution in [0.3, 0.4) is 0 Å². The molecule has 1 aromatic heterocycles. The van der Waals surface area contributed by atoms with Gasteiger partial charge in [0.2, 0.25) is 0 Å². The molecule has 7 heteroatoms. The van der Waals surface area contributed by atoms with E-state index in [2.05, 4.69) is 33.1 Å². The van der Waals surface area contributed by atoms with Gasteiger partial charge in [-0.3, -0.25) is 14.9 Å². The van der Waals surface area contributed by atoms with Crippen molar-refractivity contribution >= 4 is 28.5 Å². The maximum Gasteiger partial charge on any atom is 0.263 e. The number of amides is 1. The predicted molar refractivity (Wildman–Crippen MR) is 65.2 cm³/mol. The fourth-order valence-corrected chi connectivity index (χ4v) is 2.22. The Bertz CT molecular complexity index is 381. The summed E-state index contributed by atoms with van der Waals surface area (Å²) in [5.41, 5.74) is 2.11. The Labute approximate surface area is 107 Å². The molecule has 1 fully saturated rings. The summed E-state index contributed by atoms with van der Waals surface area (Å²) in [5.74, 6) is 4.80. The highest BCUT2D eigenvalue weighted by atomic mass is 127. The van der Waals surface area contributed by atoms with Crippen LogP contribution < -0.4 is 11.3 Å². The average Bonchev–Trinajstić information content (AvgIpc) is 2.87. The zero-order valence-corrected chi connectivity index (χ0v) is 10.8. The number of hydrazine groups is 1. The largest absolute Gasteiger partial charge is 0.363 e. The zero-order chi connectivity index (χ0) is 11.5. The van der Waals surface area contributed by atoms with Gasteiger partial charge in [-0.2, -0.15) is 5.10 Å². The summed E-state index contributed by atoms with van der Waals surface area (Å²) in [4.78, 5) is 11.2. The molecule has 3 N–H and O–H groups in total. The van der Waals surface area contributed by atoms with Gasteiger partial charge in [0.25, 0.3) is 5.91 Å². The van der Waals surface area contributed by atoms with Crippen LogP contribution in [0.5, 0.6) is 0 Å². The molecule has 1 saturated heterocycles. The molecule has 0 radical (unpaired) electrons. The van der Waals surface area contributed by atoms with Crippen molar-refractivity contribution in [1.82, 2.24) is 15.2 Å². The summed E-state index contributed by atoms with van der Waals surface area (Å²) in [7, 11) is 0. The number of hydrogen-bond acceptors (Lipinski definition) is 4. The number of nitrogens with two attached hydrogens (primary N) is 1. The zero-order valence-electron chi connectivity index (χ0n) is 8.60. The fraction of sp³-hybridized carbons (Fsp3) is 0.556. The lowest BCUT2D eigenvalue weighted by Gasteiger charge is -2.12. The molecule has 2 rings (SSSR count). The third kappa shape index (κ3) is 2.71. The molecule has 0 aliphatic carbocycles. The topological polar surface area (TPSA) is 82.2 Å². The minimum Gasteiger partial charge on any atom is -0.363 e. The first-order chi connectivity index (χ1) is 7.69. The highest BCUT2D eigenvalue weighted by molar-refractivity contribution is 14.1. The van der Waals surface area contributed by atoms with Crippen LogP contribution in [-0.4, -0.2) is 27.9 Å². The number of ether oxygens (including phenoxy) is 1. The van der Waals surface area contributed by atoms with Crippen molar-refractivity contribution in [3.63, 3.8) is 0 Å². The Morgan fingerprint density at radius 1 is 1.75 bits per heavy atom. The van der Waals surface area contributed by atoms with Crippen LogP contribution in [-0.2, 0) is 16.1 Å². The van der Waals surface area contributed by atoms with E-state index in [9.17, 15) is 4.79 Å². The molecule has 0 aromatic carbocycles.